The normalized spacial score (nSPS) is 14.7. The largest absolute Gasteiger partial charge is 0.468 e. The van der Waals surface area contributed by atoms with Crippen molar-refractivity contribution in [3.8, 4) is 0 Å². The highest BCUT2D eigenvalue weighted by atomic mass is 16.5. The average molecular weight is 374 g/mol. The summed E-state index contributed by atoms with van der Waals surface area (Å²) in [5.74, 6) is -0.460. The van der Waals surface area contributed by atoms with Gasteiger partial charge in [0.15, 0.2) is 0 Å². The van der Waals surface area contributed by atoms with Gasteiger partial charge in [-0.1, -0.05) is 31.2 Å². The van der Waals surface area contributed by atoms with Crippen molar-refractivity contribution in [1.29, 1.82) is 0 Å². The summed E-state index contributed by atoms with van der Waals surface area (Å²) < 4.78 is 4.78. The van der Waals surface area contributed by atoms with Crippen molar-refractivity contribution in [3.05, 3.63) is 35.4 Å². The van der Waals surface area contributed by atoms with E-state index in [0.717, 1.165) is 17.5 Å². The molecule has 0 aliphatic carbocycles. The molecular weight excluding hydrogens is 344 g/mol. The molecule has 2 amide bonds. The summed E-state index contributed by atoms with van der Waals surface area (Å²) >= 11 is 0. The van der Waals surface area contributed by atoms with Crippen LogP contribution in [0.15, 0.2) is 24.3 Å². The number of aryl methyl sites for hydroxylation is 1. The first-order valence-electron chi connectivity index (χ1n) is 9.64. The molecule has 0 aromatic heterocycles. The molecule has 148 valence electrons. The number of nitrogens with zero attached hydrogens (tertiary/aromatic N) is 2. The van der Waals surface area contributed by atoms with Crippen molar-refractivity contribution in [2.24, 2.45) is 5.92 Å². The average Bonchev–Trinajstić information content (AvgIpc) is 2.68. The standard InChI is InChI=1S/C21H30N2O4/c1-4-7-19(24)22-12-10-17(11-13-22)21(26)23(15-20(25)27-3)14-18-9-6-5-8-16(18)2/h5-6,8-9,17H,4,7,10-15H2,1-3H3. The monoisotopic (exact) mass is 374 g/mol. The summed E-state index contributed by atoms with van der Waals surface area (Å²) in [5, 5.41) is 0. The van der Waals surface area contributed by atoms with E-state index in [1.165, 1.54) is 7.11 Å². The molecule has 1 aliphatic rings. The Kier molecular flexibility index (Phi) is 7.82. The Morgan fingerprint density at radius 3 is 2.44 bits per heavy atom. The summed E-state index contributed by atoms with van der Waals surface area (Å²) in [4.78, 5) is 40.4. The second kappa shape index (κ2) is 10.1. The van der Waals surface area contributed by atoms with Gasteiger partial charge in [-0.15, -0.1) is 0 Å². The predicted molar refractivity (Wildman–Crippen MR) is 103 cm³/mol. The van der Waals surface area contributed by atoms with Crippen LogP contribution in [-0.4, -0.2) is 54.3 Å². The number of piperidine rings is 1. The highest BCUT2D eigenvalue weighted by Crippen LogP contribution is 2.22. The third-order valence-electron chi connectivity index (χ3n) is 5.14. The van der Waals surface area contributed by atoms with Crippen molar-refractivity contribution in [3.63, 3.8) is 0 Å². The lowest BCUT2D eigenvalue weighted by atomic mass is 9.94. The number of amides is 2. The number of rotatable bonds is 7. The third-order valence-corrected chi connectivity index (χ3v) is 5.14. The lowest BCUT2D eigenvalue weighted by Crippen LogP contribution is -2.45. The van der Waals surface area contributed by atoms with Gasteiger partial charge < -0.3 is 14.5 Å². The first kappa shape index (κ1) is 20.9. The van der Waals surface area contributed by atoms with Gasteiger partial charge in [-0.25, -0.2) is 0 Å². The maximum Gasteiger partial charge on any atom is 0.325 e. The molecule has 1 aromatic carbocycles. The molecule has 0 N–H and O–H groups in total. The van der Waals surface area contributed by atoms with Crippen molar-refractivity contribution in [2.75, 3.05) is 26.7 Å². The van der Waals surface area contributed by atoms with Gasteiger partial charge in [-0.3, -0.25) is 14.4 Å². The van der Waals surface area contributed by atoms with E-state index >= 15 is 0 Å². The van der Waals surface area contributed by atoms with Gasteiger partial charge in [0.05, 0.1) is 7.11 Å². The van der Waals surface area contributed by atoms with Gasteiger partial charge >= 0.3 is 5.97 Å². The SMILES string of the molecule is CCCC(=O)N1CCC(C(=O)N(CC(=O)OC)Cc2ccccc2C)CC1. The Balaban J connectivity index is 2.04. The highest BCUT2D eigenvalue weighted by molar-refractivity contribution is 5.84. The van der Waals surface area contributed by atoms with Crippen molar-refractivity contribution >= 4 is 17.8 Å². The van der Waals surface area contributed by atoms with E-state index < -0.39 is 5.97 Å². The molecule has 0 atom stereocenters. The number of methoxy groups -OCH3 is 1. The molecule has 1 saturated heterocycles. The van der Waals surface area contributed by atoms with E-state index in [2.05, 4.69) is 0 Å². The van der Waals surface area contributed by atoms with Crippen LogP contribution >= 0.6 is 0 Å². The minimum atomic E-state index is -0.424. The van der Waals surface area contributed by atoms with Crippen LogP contribution in [0.2, 0.25) is 0 Å². The minimum absolute atomic E-state index is 0.0359. The first-order chi connectivity index (χ1) is 13.0. The summed E-state index contributed by atoms with van der Waals surface area (Å²) in [6, 6.07) is 7.85. The predicted octanol–water partition coefficient (Wildman–Crippen LogP) is 2.54. The van der Waals surface area contributed by atoms with Gasteiger partial charge in [0.1, 0.15) is 6.54 Å². The Labute approximate surface area is 161 Å². The summed E-state index contributed by atoms with van der Waals surface area (Å²) in [6.45, 7) is 5.52. The van der Waals surface area contributed by atoms with Crippen LogP contribution in [-0.2, 0) is 25.7 Å². The number of hydrogen-bond donors (Lipinski definition) is 0. The van der Waals surface area contributed by atoms with Crippen molar-refractivity contribution in [2.45, 2.75) is 46.1 Å². The van der Waals surface area contributed by atoms with Gasteiger partial charge in [-0.2, -0.15) is 0 Å². The molecule has 0 spiro atoms. The Bertz CT molecular complexity index is 666. The zero-order valence-electron chi connectivity index (χ0n) is 16.6. The lowest BCUT2D eigenvalue weighted by molar-refractivity contribution is -0.150. The second-order valence-corrected chi connectivity index (χ2v) is 7.10. The van der Waals surface area contributed by atoms with E-state index in [4.69, 9.17) is 4.74 Å². The number of ether oxygens (including phenoxy) is 1. The number of likely N-dealkylation sites (tertiary alicyclic amines) is 1. The minimum Gasteiger partial charge on any atom is -0.468 e. The first-order valence-corrected chi connectivity index (χ1v) is 9.64. The van der Waals surface area contributed by atoms with E-state index in [1.807, 2.05) is 43.0 Å². The van der Waals surface area contributed by atoms with Crippen LogP contribution in [0.25, 0.3) is 0 Å². The maximum absolute atomic E-state index is 13.1. The van der Waals surface area contributed by atoms with Crippen LogP contribution in [0, 0.1) is 12.8 Å². The molecule has 6 nitrogen and oxygen atoms in total. The molecule has 2 rings (SSSR count). The third kappa shape index (κ3) is 5.81. The summed E-state index contributed by atoms with van der Waals surface area (Å²) in [7, 11) is 1.33. The highest BCUT2D eigenvalue weighted by Gasteiger charge is 2.31. The smallest absolute Gasteiger partial charge is 0.325 e. The molecule has 1 aliphatic heterocycles. The van der Waals surface area contributed by atoms with Crippen LogP contribution < -0.4 is 0 Å². The van der Waals surface area contributed by atoms with Crippen molar-refractivity contribution in [1.82, 2.24) is 9.80 Å². The Morgan fingerprint density at radius 1 is 1.19 bits per heavy atom. The number of esters is 1. The molecule has 0 unspecified atom stereocenters. The summed E-state index contributed by atoms with van der Waals surface area (Å²) in [6.07, 6.45) is 2.67. The van der Waals surface area contributed by atoms with Crippen LogP contribution in [0.3, 0.4) is 0 Å². The van der Waals surface area contributed by atoms with Gasteiger partial charge in [0, 0.05) is 32.0 Å². The molecule has 1 heterocycles. The van der Waals surface area contributed by atoms with Gasteiger partial charge in [-0.05, 0) is 37.3 Å². The van der Waals surface area contributed by atoms with Gasteiger partial charge in [0.25, 0.3) is 0 Å². The molecule has 6 heteroatoms. The fourth-order valence-corrected chi connectivity index (χ4v) is 3.43. The fraction of sp³-hybridized carbons (Fsp3) is 0.571. The maximum atomic E-state index is 13.1. The van der Waals surface area contributed by atoms with Crippen molar-refractivity contribution < 1.29 is 19.1 Å². The molecule has 0 radical (unpaired) electrons. The number of carbonyl (C=O) groups excluding carboxylic acids is 3. The zero-order chi connectivity index (χ0) is 19.8. The van der Waals surface area contributed by atoms with E-state index in [0.29, 0.717) is 38.9 Å². The van der Waals surface area contributed by atoms with Crippen LogP contribution in [0.4, 0.5) is 0 Å². The molecule has 0 saturated carbocycles. The van der Waals surface area contributed by atoms with E-state index in [1.54, 1.807) is 4.90 Å². The summed E-state index contributed by atoms with van der Waals surface area (Å²) in [5.41, 5.74) is 2.10. The second-order valence-electron chi connectivity index (χ2n) is 7.10. The Morgan fingerprint density at radius 2 is 1.85 bits per heavy atom. The fourth-order valence-electron chi connectivity index (χ4n) is 3.43. The van der Waals surface area contributed by atoms with Crippen LogP contribution in [0.1, 0.15) is 43.7 Å². The number of hydrogen-bond acceptors (Lipinski definition) is 4. The lowest BCUT2D eigenvalue weighted by Gasteiger charge is -2.34. The molecule has 1 fully saturated rings. The topological polar surface area (TPSA) is 66.9 Å². The molecule has 1 aromatic rings. The Hall–Kier alpha value is -2.37. The van der Waals surface area contributed by atoms with Crippen LogP contribution in [0.5, 0.6) is 0 Å². The van der Waals surface area contributed by atoms with Gasteiger partial charge in [0.2, 0.25) is 11.8 Å². The zero-order valence-corrected chi connectivity index (χ0v) is 16.6. The molecule has 27 heavy (non-hydrogen) atoms. The van der Waals surface area contributed by atoms with E-state index in [9.17, 15) is 14.4 Å². The molecular formula is C21H30N2O4. The number of carbonyl (C=O) groups is 3. The van der Waals surface area contributed by atoms with E-state index in [-0.39, 0.29) is 24.3 Å². The number of benzene rings is 1. The quantitative estimate of drug-likeness (QED) is 0.688. The molecule has 0 bridgehead atoms.